The number of hydrogen-bond acceptors (Lipinski definition) is 2. The number of rotatable bonds is 3. The van der Waals surface area contributed by atoms with Crippen molar-refractivity contribution in [2.24, 2.45) is 5.92 Å². The van der Waals surface area contributed by atoms with Gasteiger partial charge >= 0.3 is 12.1 Å². The molecule has 0 aromatic carbocycles. The van der Waals surface area contributed by atoms with Crippen molar-refractivity contribution in [1.82, 2.24) is 0 Å². The summed E-state index contributed by atoms with van der Waals surface area (Å²) in [5.74, 6) is -2.54. The minimum atomic E-state index is -4.73. The molecule has 3 nitrogen and oxygen atoms in total. The van der Waals surface area contributed by atoms with Crippen molar-refractivity contribution >= 4 is 5.97 Å². The van der Waals surface area contributed by atoms with Gasteiger partial charge in [0.2, 0.25) is 0 Å². The zero-order valence-corrected chi connectivity index (χ0v) is 6.30. The normalized spacial score (nSPS) is 17.1. The second-order valence-electron chi connectivity index (χ2n) is 2.53. The Morgan fingerprint density at radius 2 is 1.92 bits per heavy atom. The van der Waals surface area contributed by atoms with Crippen molar-refractivity contribution in [3.63, 3.8) is 0 Å². The molecule has 0 rings (SSSR count). The zero-order chi connectivity index (χ0) is 9.94. The van der Waals surface area contributed by atoms with E-state index in [0.29, 0.717) is 0 Å². The fourth-order valence-corrected chi connectivity index (χ4v) is 0.569. The van der Waals surface area contributed by atoms with Crippen LogP contribution in [0.15, 0.2) is 0 Å². The molecule has 72 valence electrons. The predicted octanol–water partition coefficient (Wildman–Crippen LogP) is 1.02. The molecule has 0 radical (unpaired) electrons. The van der Waals surface area contributed by atoms with Crippen LogP contribution in [0.5, 0.6) is 0 Å². The third-order valence-corrected chi connectivity index (χ3v) is 1.38. The molecule has 0 aromatic heterocycles. The molecule has 6 heteroatoms. The second-order valence-corrected chi connectivity index (χ2v) is 2.53. The van der Waals surface area contributed by atoms with Gasteiger partial charge in [-0.2, -0.15) is 13.2 Å². The van der Waals surface area contributed by atoms with Gasteiger partial charge in [0.1, 0.15) is 0 Å². The molecule has 0 heterocycles. The van der Waals surface area contributed by atoms with E-state index in [1.54, 1.807) is 0 Å². The largest absolute Gasteiger partial charge is 0.481 e. The van der Waals surface area contributed by atoms with Crippen LogP contribution in [0, 0.1) is 5.92 Å². The highest BCUT2D eigenvalue weighted by Gasteiger charge is 2.39. The van der Waals surface area contributed by atoms with Crippen LogP contribution in [-0.2, 0) is 4.79 Å². The molecule has 0 saturated carbocycles. The lowest BCUT2D eigenvalue weighted by Crippen LogP contribution is -2.31. The molecule has 0 aromatic rings. The Morgan fingerprint density at radius 1 is 1.50 bits per heavy atom. The summed E-state index contributed by atoms with van der Waals surface area (Å²) in [7, 11) is 0. The first-order valence-electron chi connectivity index (χ1n) is 3.22. The zero-order valence-electron chi connectivity index (χ0n) is 6.30. The molecular formula is C6H9F3O3. The van der Waals surface area contributed by atoms with E-state index in [4.69, 9.17) is 10.2 Å². The third-order valence-electron chi connectivity index (χ3n) is 1.38. The van der Waals surface area contributed by atoms with Gasteiger partial charge in [-0.3, -0.25) is 4.79 Å². The first kappa shape index (κ1) is 11.2. The van der Waals surface area contributed by atoms with Crippen molar-refractivity contribution in [3.8, 4) is 0 Å². The maximum absolute atomic E-state index is 11.6. The number of aliphatic hydroxyl groups is 1. The summed E-state index contributed by atoms with van der Waals surface area (Å²) in [5.41, 5.74) is 0. The van der Waals surface area contributed by atoms with Crippen LogP contribution in [0.2, 0.25) is 0 Å². The predicted molar refractivity (Wildman–Crippen MR) is 33.5 cm³/mol. The monoisotopic (exact) mass is 186 g/mol. The molecule has 0 fully saturated rings. The molecule has 0 saturated heterocycles. The van der Waals surface area contributed by atoms with Crippen molar-refractivity contribution < 1.29 is 28.2 Å². The average Bonchev–Trinajstić information content (AvgIpc) is 1.85. The van der Waals surface area contributed by atoms with E-state index >= 15 is 0 Å². The summed E-state index contributed by atoms with van der Waals surface area (Å²) in [4.78, 5) is 10.1. The van der Waals surface area contributed by atoms with Crippen LogP contribution < -0.4 is 0 Å². The highest BCUT2D eigenvalue weighted by Crippen LogP contribution is 2.24. The Labute approximate surface area is 66.8 Å². The van der Waals surface area contributed by atoms with E-state index < -0.39 is 30.6 Å². The van der Waals surface area contributed by atoms with E-state index in [0.717, 1.165) is 6.92 Å². The third kappa shape index (κ3) is 3.56. The highest BCUT2D eigenvalue weighted by atomic mass is 19.4. The number of carboxylic acids is 1. The average molecular weight is 186 g/mol. The van der Waals surface area contributed by atoms with Crippen LogP contribution in [0.4, 0.5) is 13.2 Å². The van der Waals surface area contributed by atoms with Gasteiger partial charge in [-0.1, -0.05) is 6.92 Å². The van der Waals surface area contributed by atoms with E-state index in [9.17, 15) is 18.0 Å². The smallest absolute Gasteiger partial charge is 0.414 e. The Kier molecular flexibility index (Phi) is 3.51. The Balaban J connectivity index is 4.01. The Hall–Kier alpha value is -0.780. The number of aliphatic carboxylic acids is 1. The number of halogens is 3. The molecule has 0 spiro atoms. The maximum atomic E-state index is 11.6. The van der Waals surface area contributed by atoms with Gasteiger partial charge in [-0.05, 0) is 6.42 Å². The van der Waals surface area contributed by atoms with E-state index in [1.165, 1.54) is 0 Å². The molecule has 0 aliphatic carbocycles. The van der Waals surface area contributed by atoms with Crippen molar-refractivity contribution in [1.29, 1.82) is 0 Å². The van der Waals surface area contributed by atoms with Gasteiger partial charge in [-0.25, -0.2) is 0 Å². The molecule has 2 atom stereocenters. The number of hydrogen-bond donors (Lipinski definition) is 2. The Bertz CT molecular complexity index is 166. The highest BCUT2D eigenvalue weighted by molar-refractivity contribution is 5.69. The second kappa shape index (κ2) is 3.75. The summed E-state index contributed by atoms with van der Waals surface area (Å²) < 4.78 is 34.9. The van der Waals surface area contributed by atoms with E-state index in [-0.39, 0.29) is 0 Å². The number of aliphatic hydroxyl groups excluding tert-OH is 1. The lowest BCUT2D eigenvalue weighted by Gasteiger charge is -2.15. The van der Waals surface area contributed by atoms with Crippen molar-refractivity contribution in [3.05, 3.63) is 0 Å². The minimum Gasteiger partial charge on any atom is -0.481 e. The van der Waals surface area contributed by atoms with Gasteiger partial charge in [-0.15, -0.1) is 0 Å². The summed E-state index contributed by atoms with van der Waals surface area (Å²) in [5, 5.41) is 16.6. The van der Waals surface area contributed by atoms with Gasteiger partial charge in [0.15, 0.2) is 6.10 Å². The van der Waals surface area contributed by atoms with E-state index in [2.05, 4.69) is 0 Å². The van der Waals surface area contributed by atoms with Crippen molar-refractivity contribution in [2.45, 2.75) is 25.6 Å². The van der Waals surface area contributed by atoms with Crippen LogP contribution in [0.25, 0.3) is 0 Å². The summed E-state index contributed by atoms with van der Waals surface area (Å²) >= 11 is 0. The molecule has 0 aliphatic rings. The first-order chi connectivity index (χ1) is 5.25. The standard InChI is InChI=1S/C6H9F3O3/c1-3(5(11)12)2-4(10)6(7,8)9/h3-4,10H,2H2,1H3,(H,11,12). The maximum Gasteiger partial charge on any atom is 0.414 e. The quantitative estimate of drug-likeness (QED) is 0.691. The SMILES string of the molecule is CC(CC(O)C(F)(F)F)C(=O)O. The fourth-order valence-electron chi connectivity index (χ4n) is 0.569. The topological polar surface area (TPSA) is 57.5 Å². The van der Waals surface area contributed by atoms with Gasteiger partial charge < -0.3 is 10.2 Å². The summed E-state index contributed by atoms with van der Waals surface area (Å²) in [6.45, 7) is 1.11. The van der Waals surface area contributed by atoms with E-state index in [1.807, 2.05) is 0 Å². The summed E-state index contributed by atoms with van der Waals surface area (Å²) in [6, 6.07) is 0. The van der Waals surface area contributed by atoms with Crippen LogP contribution >= 0.6 is 0 Å². The van der Waals surface area contributed by atoms with Gasteiger partial charge in [0.05, 0.1) is 5.92 Å². The lowest BCUT2D eigenvalue weighted by atomic mass is 10.0. The number of alkyl halides is 3. The van der Waals surface area contributed by atoms with Crippen LogP contribution in [0.3, 0.4) is 0 Å². The number of carboxylic acid groups (broad SMARTS) is 1. The van der Waals surface area contributed by atoms with Crippen molar-refractivity contribution in [2.75, 3.05) is 0 Å². The summed E-state index contributed by atoms with van der Waals surface area (Å²) in [6.07, 6.45) is -8.09. The molecule has 0 aliphatic heterocycles. The number of carbonyl (C=O) groups is 1. The van der Waals surface area contributed by atoms with Gasteiger partial charge in [0.25, 0.3) is 0 Å². The molecule has 2 unspecified atom stereocenters. The molecule has 0 bridgehead atoms. The first-order valence-corrected chi connectivity index (χ1v) is 3.22. The molecule has 12 heavy (non-hydrogen) atoms. The fraction of sp³-hybridized carbons (Fsp3) is 0.833. The van der Waals surface area contributed by atoms with Crippen LogP contribution in [-0.4, -0.2) is 28.5 Å². The van der Waals surface area contributed by atoms with Crippen LogP contribution in [0.1, 0.15) is 13.3 Å². The van der Waals surface area contributed by atoms with Gasteiger partial charge in [0, 0.05) is 0 Å². The minimum absolute atomic E-state index is 0.807. The lowest BCUT2D eigenvalue weighted by molar-refractivity contribution is -0.208. The Morgan fingerprint density at radius 3 is 2.17 bits per heavy atom. The molecule has 0 amide bonds. The molecular weight excluding hydrogens is 177 g/mol. The molecule has 2 N–H and O–H groups in total.